The molecule has 2 aromatic rings. The number of aliphatic carboxylic acids is 1. The Morgan fingerprint density at radius 3 is 2.52 bits per heavy atom. The van der Waals surface area contributed by atoms with Gasteiger partial charge >= 0.3 is 5.97 Å². The highest BCUT2D eigenvalue weighted by atomic mass is 16.5. The maximum absolute atomic E-state index is 13.2. The van der Waals surface area contributed by atoms with Crippen LogP contribution in [0.15, 0.2) is 48.5 Å². The summed E-state index contributed by atoms with van der Waals surface area (Å²) in [7, 11) is 0. The first kappa shape index (κ1) is 15.7. The number of para-hydroxylation sites is 1. The smallest absolute Gasteiger partial charge is 0.312 e. The maximum Gasteiger partial charge on any atom is 0.312 e. The number of benzene rings is 2. The molecule has 0 bridgehead atoms. The molecule has 2 atom stereocenters. The largest absolute Gasteiger partial charge is 0.493 e. The van der Waals surface area contributed by atoms with Crippen LogP contribution in [0.2, 0.25) is 0 Å². The number of carbonyl (C=O) groups is 2. The highest BCUT2D eigenvalue weighted by Gasteiger charge is 2.37. The summed E-state index contributed by atoms with van der Waals surface area (Å²) in [5.74, 6) is -1.11. The molecule has 4 rings (SSSR count). The number of carbonyl (C=O) groups excluding carboxylic acids is 1. The molecule has 128 valence electrons. The highest BCUT2D eigenvalue weighted by molar-refractivity contribution is 5.87. The average molecular weight is 337 g/mol. The third-order valence-electron chi connectivity index (χ3n) is 5.06. The van der Waals surface area contributed by atoms with Gasteiger partial charge in [0.1, 0.15) is 5.75 Å². The van der Waals surface area contributed by atoms with Crippen LogP contribution in [0.25, 0.3) is 0 Å². The molecule has 2 aliphatic rings. The molecular formula is C20H19NO4. The molecule has 2 heterocycles. The lowest BCUT2D eigenvalue weighted by atomic mass is 9.87. The van der Waals surface area contributed by atoms with E-state index < -0.39 is 11.9 Å². The fourth-order valence-corrected chi connectivity index (χ4v) is 3.81. The standard InChI is InChI=1S/C20H19NO4/c22-19(16-9-10-25-18-8-4-3-7-15(16)18)21-11-13-5-1-2-6-14(13)17(12-21)20(23)24/h1-8,16-17H,9-12H2,(H,23,24). The molecule has 0 aromatic heterocycles. The topological polar surface area (TPSA) is 66.8 Å². The lowest BCUT2D eigenvalue weighted by Gasteiger charge is -2.36. The van der Waals surface area contributed by atoms with Crippen molar-refractivity contribution in [1.29, 1.82) is 0 Å². The van der Waals surface area contributed by atoms with Gasteiger partial charge in [-0.3, -0.25) is 9.59 Å². The Balaban J connectivity index is 1.65. The monoisotopic (exact) mass is 337 g/mol. The Bertz CT molecular complexity index is 832. The number of fused-ring (bicyclic) bond motifs is 2. The second-order valence-corrected chi connectivity index (χ2v) is 6.54. The Labute approximate surface area is 145 Å². The van der Waals surface area contributed by atoms with Gasteiger partial charge in [-0.15, -0.1) is 0 Å². The van der Waals surface area contributed by atoms with E-state index in [9.17, 15) is 14.7 Å². The Morgan fingerprint density at radius 1 is 1.00 bits per heavy atom. The van der Waals surface area contributed by atoms with Gasteiger partial charge in [-0.2, -0.15) is 0 Å². The van der Waals surface area contributed by atoms with Crippen molar-refractivity contribution in [2.75, 3.05) is 13.2 Å². The normalized spacial score (nSPS) is 21.7. The lowest BCUT2D eigenvalue weighted by molar-refractivity contribution is -0.142. The Kier molecular flexibility index (Phi) is 3.92. The van der Waals surface area contributed by atoms with Crippen LogP contribution in [0.5, 0.6) is 5.75 Å². The van der Waals surface area contributed by atoms with Gasteiger partial charge in [0, 0.05) is 18.7 Å². The number of ether oxygens (including phenoxy) is 1. The summed E-state index contributed by atoms with van der Waals surface area (Å²) < 4.78 is 5.64. The van der Waals surface area contributed by atoms with Crippen LogP contribution >= 0.6 is 0 Å². The van der Waals surface area contributed by atoms with E-state index in [1.54, 1.807) is 4.90 Å². The van der Waals surface area contributed by atoms with E-state index in [4.69, 9.17) is 4.74 Å². The first-order valence-corrected chi connectivity index (χ1v) is 8.46. The zero-order valence-electron chi connectivity index (χ0n) is 13.7. The number of nitrogens with zero attached hydrogens (tertiary/aromatic N) is 1. The predicted octanol–water partition coefficient (Wildman–Crippen LogP) is 2.76. The van der Waals surface area contributed by atoms with Crippen LogP contribution < -0.4 is 4.74 Å². The molecule has 0 spiro atoms. The fraction of sp³-hybridized carbons (Fsp3) is 0.300. The molecule has 1 amide bonds. The van der Waals surface area contributed by atoms with E-state index in [0.29, 0.717) is 19.6 Å². The summed E-state index contributed by atoms with van der Waals surface area (Å²) in [5, 5.41) is 9.59. The number of amides is 1. The van der Waals surface area contributed by atoms with Crippen LogP contribution in [0.3, 0.4) is 0 Å². The molecule has 0 aliphatic carbocycles. The van der Waals surface area contributed by atoms with Crippen LogP contribution in [0.4, 0.5) is 0 Å². The lowest BCUT2D eigenvalue weighted by Crippen LogP contribution is -2.43. The SMILES string of the molecule is O=C(O)C1CN(C(=O)C2CCOc3ccccc32)Cc2ccccc21. The summed E-state index contributed by atoms with van der Waals surface area (Å²) in [6.45, 7) is 1.17. The number of hydrogen-bond donors (Lipinski definition) is 1. The second kappa shape index (κ2) is 6.24. The zero-order valence-corrected chi connectivity index (χ0v) is 13.7. The van der Waals surface area contributed by atoms with Gasteiger partial charge in [0.15, 0.2) is 0 Å². The van der Waals surface area contributed by atoms with Gasteiger partial charge in [-0.25, -0.2) is 0 Å². The molecule has 0 fully saturated rings. The summed E-state index contributed by atoms with van der Waals surface area (Å²) in [6, 6.07) is 15.1. The molecule has 25 heavy (non-hydrogen) atoms. The third kappa shape index (κ3) is 2.76. The van der Waals surface area contributed by atoms with Gasteiger partial charge in [0.2, 0.25) is 5.91 Å². The summed E-state index contributed by atoms with van der Waals surface area (Å²) in [6.07, 6.45) is 0.617. The molecule has 2 aliphatic heterocycles. The van der Waals surface area contributed by atoms with Crippen molar-refractivity contribution >= 4 is 11.9 Å². The Morgan fingerprint density at radius 2 is 1.72 bits per heavy atom. The summed E-state index contributed by atoms with van der Waals surface area (Å²) >= 11 is 0. The first-order valence-electron chi connectivity index (χ1n) is 8.46. The quantitative estimate of drug-likeness (QED) is 0.915. The van der Waals surface area contributed by atoms with Crippen molar-refractivity contribution in [3.8, 4) is 5.75 Å². The molecule has 5 heteroatoms. The van der Waals surface area contributed by atoms with Crippen molar-refractivity contribution in [3.63, 3.8) is 0 Å². The second-order valence-electron chi connectivity index (χ2n) is 6.54. The van der Waals surface area contributed by atoms with Crippen LogP contribution in [0.1, 0.15) is 34.9 Å². The molecule has 0 saturated heterocycles. The van der Waals surface area contributed by atoms with Crippen molar-refractivity contribution < 1.29 is 19.4 Å². The van der Waals surface area contributed by atoms with Gasteiger partial charge in [-0.05, 0) is 23.6 Å². The molecule has 1 N–H and O–H groups in total. The Hall–Kier alpha value is -2.82. The van der Waals surface area contributed by atoms with Gasteiger partial charge in [-0.1, -0.05) is 42.5 Å². The minimum absolute atomic E-state index is 0.0171. The maximum atomic E-state index is 13.2. The minimum Gasteiger partial charge on any atom is -0.493 e. The van der Waals surface area contributed by atoms with Crippen LogP contribution in [-0.4, -0.2) is 35.0 Å². The van der Waals surface area contributed by atoms with Crippen molar-refractivity contribution in [2.45, 2.75) is 24.8 Å². The number of carboxylic acids is 1. The van der Waals surface area contributed by atoms with Crippen molar-refractivity contribution in [1.82, 2.24) is 4.90 Å². The first-order chi connectivity index (χ1) is 12.1. The third-order valence-corrected chi connectivity index (χ3v) is 5.06. The van der Waals surface area contributed by atoms with E-state index in [0.717, 1.165) is 22.4 Å². The van der Waals surface area contributed by atoms with E-state index in [1.165, 1.54) is 0 Å². The fourth-order valence-electron chi connectivity index (χ4n) is 3.81. The highest BCUT2D eigenvalue weighted by Crippen LogP contribution is 2.37. The molecule has 0 radical (unpaired) electrons. The molecule has 2 aromatic carbocycles. The molecule has 0 saturated carbocycles. The summed E-state index contributed by atoms with van der Waals surface area (Å²) in [5.41, 5.74) is 2.62. The molecule has 2 unspecified atom stereocenters. The van der Waals surface area contributed by atoms with Gasteiger partial charge < -0.3 is 14.7 Å². The predicted molar refractivity (Wildman–Crippen MR) is 91.5 cm³/mol. The molecule has 5 nitrogen and oxygen atoms in total. The zero-order chi connectivity index (χ0) is 17.4. The van der Waals surface area contributed by atoms with Crippen LogP contribution in [-0.2, 0) is 16.1 Å². The van der Waals surface area contributed by atoms with Crippen molar-refractivity contribution in [3.05, 3.63) is 65.2 Å². The van der Waals surface area contributed by atoms with E-state index in [-0.39, 0.29) is 18.4 Å². The number of carboxylic acid groups (broad SMARTS) is 1. The van der Waals surface area contributed by atoms with Crippen LogP contribution in [0, 0.1) is 0 Å². The molecular weight excluding hydrogens is 318 g/mol. The van der Waals surface area contributed by atoms with E-state index in [1.807, 2.05) is 48.5 Å². The van der Waals surface area contributed by atoms with Crippen molar-refractivity contribution in [2.24, 2.45) is 0 Å². The van der Waals surface area contributed by atoms with E-state index >= 15 is 0 Å². The average Bonchev–Trinajstić information content (AvgIpc) is 2.66. The minimum atomic E-state index is -0.891. The number of hydrogen-bond acceptors (Lipinski definition) is 3. The van der Waals surface area contributed by atoms with Gasteiger partial charge in [0.05, 0.1) is 18.4 Å². The summed E-state index contributed by atoms with van der Waals surface area (Å²) in [4.78, 5) is 26.6. The number of rotatable bonds is 2. The van der Waals surface area contributed by atoms with E-state index in [2.05, 4.69) is 0 Å². The van der Waals surface area contributed by atoms with Gasteiger partial charge in [0.25, 0.3) is 0 Å².